The molecule has 0 saturated heterocycles. The van der Waals surface area contributed by atoms with Crippen molar-refractivity contribution in [3.63, 3.8) is 0 Å². The molecule has 1 amide bonds. The molecule has 5 heteroatoms. The Hall–Kier alpha value is -2.17. The third-order valence-electron chi connectivity index (χ3n) is 3.45. The van der Waals surface area contributed by atoms with Gasteiger partial charge in [-0.3, -0.25) is 9.78 Å². The Balaban J connectivity index is 2.22. The summed E-state index contributed by atoms with van der Waals surface area (Å²) in [6.45, 7) is 2.83. The molecule has 0 unspecified atom stereocenters. The normalized spacial score (nSPS) is 14.3. The first kappa shape index (κ1) is 15.2. The van der Waals surface area contributed by atoms with Crippen LogP contribution in [-0.4, -0.2) is 39.5 Å². The van der Waals surface area contributed by atoms with Crippen LogP contribution in [0.3, 0.4) is 0 Å². The van der Waals surface area contributed by atoms with E-state index in [1.165, 1.54) is 6.08 Å². The Morgan fingerprint density at radius 2 is 2.24 bits per heavy atom. The van der Waals surface area contributed by atoms with E-state index in [2.05, 4.69) is 11.9 Å². The monoisotopic (exact) mass is 288 g/mol. The predicted octanol–water partition coefficient (Wildman–Crippen LogP) is 2.58. The maximum atomic E-state index is 12.7. The zero-order valence-corrected chi connectivity index (χ0v) is 12.2. The standard InChI is InChI=1S/C16H20N2O3/c1-2-3-11-18(13-7-8-13)16(21)15-12(5-4-10-17-15)6-9-14(19)20/h4-6,9-10,13H,2-3,7-8,11H2,1H3,(H,19,20)/b9-6+. The molecule has 1 aliphatic rings. The van der Waals surface area contributed by atoms with E-state index in [9.17, 15) is 9.59 Å². The van der Waals surface area contributed by atoms with Crippen molar-refractivity contribution < 1.29 is 14.7 Å². The van der Waals surface area contributed by atoms with E-state index >= 15 is 0 Å². The maximum Gasteiger partial charge on any atom is 0.328 e. The Morgan fingerprint density at radius 3 is 2.86 bits per heavy atom. The number of aliphatic carboxylic acids is 1. The van der Waals surface area contributed by atoms with Gasteiger partial charge in [-0.05, 0) is 31.4 Å². The SMILES string of the molecule is CCCCN(C(=O)c1ncccc1/C=C/C(=O)O)C1CC1. The molecule has 21 heavy (non-hydrogen) atoms. The fourth-order valence-electron chi connectivity index (χ4n) is 2.19. The van der Waals surface area contributed by atoms with Crippen LogP contribution in [0.4, 0.5) is 0 Å². The molecule has 0 aliphatic heterocycles. The molecule has 0 atom stereocenters. The third-order valence-corrected chi connectivity index (χ3v) is 3.45. The summed E-state index contributed by atoms with van der Waals surface area (Å²) < 4.78 is 0. The van der Waals surface area contributed by atoms with E-state index in [0.29, 0.717) is 17.3 Å². The Kier molecular flexibility index (Phi) is 5.09. The number of carbonyl (C=O) groups excluding carboxylic acids is 1. The van der Waals surface area contributed by atoms with Crippen molar-refractivity contribution in [1.29, 1.82) is 0 Å². The van der Waals surface area contributed by atoms with Crippen molar-refractivity contribution >= 4 is 18.0 Å². The second-order valence-corrected chi connectivity index (χ2v) is 5.20. The lowest BCUT2D eigenvalue weighted by atomic mass is 10.1. The zero-order valence-electron chi connectivity index (χ0n) is 12.2. The molecule has 1 aromatic heterocycles. The number of hydrogen-bond acceptors (Lipinski definition) is 3. The molecule has 0 aromatic carbocycles. The molecular weight excluding hydrogens is 268 g/mol. The van der Waals surface area contributed by atoms with Crippen LogP contribution in [0.15, 0.2) is 24.4 Å². The van der Waals surface area contributed by atoms with Crippen LogP contribution < -0.4 is 0 Å². The van der Waals surface area contributed by atoms with Crippen LogP contribution in [0.5, 0.6) is 0 Å². The molecule has 2 rings (SSSR count). The first-order valence-electron chi connectivity index (χ1n) is 7.30. The van der Waals surface area contributed by atoms with E-state index in [1.54, 1.807) is 18.3 Å². The molecule has 0 bridgehead atoms. The molecule has 1 fully saturated rings. The summed E-state index contributed by atoms with van der Waals surface area (Å²) in [6.07, 6.45) is 8.11. The highest BCUT2D eigenvalue weighted by Gasteiger charge is 2.33. The lowest BCUT2D eigenvalue weighted by Crippen LogP contribution is -2.35. The number of amides is 1. The molecule has 1 saturated carbocycles. The molecule has 5 nitrogen and oxygen atoms in total. The van der Waals surface area contributed by atoms with E-state index in [0.717, 1.165) is 38.3 Å². The van der Waals surface area contributed by atoms with Crippen molar-refractivity contribution in [2.75, 3.05) is 6.54 Å². The summed E-state index contributed by atoms with van der Waals surface area (Å²) >= 11 is 0. The predicted molar refractivity (Wildman–Crippen MR) is 79.9 cm³/mol. The van der Waals surface area contributed by atoms with E-state index in [4.69, 9.17) is 5.11 Å². The van der Waals surface area contributed by atoms with Crippen LogP contribution >= 0.6 is 0 Å². The number of carbonyl (C=O) groups is 2. The Labute approximate surface area is 124 Å². The number of carboxylic acids is 1. The smallest absolute Gasteiger partial charge is 0.328 e. The third kappa shape index (κ3) is 4.15. The topological polar surface area (TPSA) is 70.5 Å². The number of unbranched alkanes of at least 4 members (excludes halogenated alkanes) is 1. The average Bonchev–Trinajstić information content (AvgIpc) is 3.30. The number of nitrogens with zero attached hydrogens (tertiary/aromatic N) is 2. The molecule has 0 spiro atoms. The van der Waals surface area contributed by atoms with Crippen molar-refractivity contribution in [3.05, 3.63) is 35.7 Å². The van der Waals surface area contributed by atoms with Gasteiger partial charge in [-0.15, -0.1) is 0 Å². The van der Waals surface area contributed by atoms with Crippen LogP contribution in [0, 0.1) is 0 Å². The van der Waals surface area contributed by atoms with Gasteiger partial charge >= 0.3 is 5.97 Å². The van der Waals surface area contributed by atoms with Crippen molar-refractivity contribution in [1.82, 2.24) is 9.88 Å². The number of rotatable bonds is 7. The largest absolute Gasteiger partial charge is 0.478 e. The summed E-state index contributed by atoms with van der Waals surface area (Å²) in [7, 11) is 0. The first-order valence-corrected chi connectivity index (χ1v) is 7.30. The van der Waals surface area contributed by atoms with Crippen molar-refractivity contribution in [3.8, 4) is 0 Å². The van der Waals surface area contributed by atoms with Crippen LogP contribution in [0.2, 0.25) is 0 Å². The van der Waals surface area contributed by atoms with Crippen LogP contribution in [-0.2, 0) is 4.79 Å². The maximum absolute atomic E-state index is 12.7. The van der Waals surface area contributed by atoms with Gasteiger partial charge in [0.15, 0.2) is 0 Å². The molecule has 1 aliphatic carbocycles. The van der Waals surface area contributed by atoms with Gasteiger partial charge in [-0.1, -0.05) is 19.4 Å². The fraction of sp³-hybridized carbons (Fsp3) is 0.438. The first-order chi connectivity index (χ1) is 10.1. The molecular formula is C16H20N2O3. The number of pyridine rings is 1. The van der Waals surface area contributed by atoms with Crippen molar-refractivity contribution in [2.45, 2.75) is 38.6 Å². The van der Waals surface area contributed by atoms with Gasteiger partial charge in [-0.2, -0.15) is 0 Å². The summed E-state index contributed by atoms with van der Waals surface area (Å²) in [4.78, 5) is 29.4. The van der Waals surface area contributed by atoms with Gasteiger partial charge in [0.25, 0.3) is 5.91 Å². The molecule has 1 aromatic rings. The van der Waals surface area contributed by atoms with E-state index in [1.807, 2.05) is 4.90 Å². The van der Waals surface area contributed by atoms with Gasteiger partial charge < -0.3 is 10.0 Å². The lowest BCUT2D eigenvalue weighted by Gasteiger charge is -2.22. The highest BCUT2D eigenvalue weighted by atomic mass is 16.4. The molecule has 112 valence electrons. The van der Waals surface area contributed by atoms with Crippen LogP contribution in [0.1, 0.15) is 48.7 Å². The van der Waals surface area contributed by atoms with E-state index in [-0.39, 0.29) is 5.91 Å². The molecule has 1 N–H and O–H groups in total. The Bertz CT molecular complexity index is 550. The van der Waals surface area contributed by atoms with Crippen LogP contribution in [0.25, 0.3) is 6.08 Å². The van der Waals surface area contributed by atoms with Gasteiger partial charge in [-0.25, -0.2) is 4.79 Å². The highest BCUT2D eigenvalue weighted by molar-refractivity contribution is 5.97. The minimum atomic E-state index is -1.04. The lowest BCUT2D eigenvalue weighted by molar-refractivity contribution is -0.131. The summed E-state index contributed by atoms with van der Waals surface area (Å²) in [6, 6.07) is 3.73. The van der Waals surface area contributed by atoms with E-state index < -0.39 is 5.97 Å². The summed E-state index contributed by atoms with van der Waals surface area (Å²) in [5.74, 6) is -1.14. The second-order valence-electron chi connectivity index (χ2n) is 5.20. The summed E-state index contributed by atoms with van der Waals surface area (Å²) in [5, 5.41) is 8.73. The fourth-order valence-corrected chi connectivity index (χ4v) is 2.19. The van der Waals surface area contributed by atoms with Gasteiger partial charge in [0.1, 0.15) is 5.69 Å². The van der Waals surface area contributed by atoms with Gasteiger partial charge in [0, 0.05) is 30.4 Å². The zero-order chi connectivity index (χ0) is 15.2. The Morgan fingerprint density at radius 1 is 1.48 bits per heavy atom. The average molecular weight is 288 g/mol. The number of hydrogen-bond donors (Lipinski definition) is 1. The molecule has 0 radical (unpaired) electrons. The highest BCUT2D eigenvalue weighted by Crippen LogP contribution is 2.29. The summed E-state index contributed by atoms with van der Waals surface area (Å²) in [5.41, 5.74) is 0.880. The van der Waals surface area contributed by atoms with Gasteiger partial charge in [0.05, 0.1) is 0 Å². The molecule has 1 heterocycles. The quantitative estimate of drug-likeness (QED) is 0.783. The van der Waals surface area contributed by atoms with Gasteiger partial charge in [0.2, 0.25) is 0 Å². The number of carboxylic acid groups (broad SMARTS) is 1. The number of aromatic nitrogens is 1. The second kappa shape index (κ2) is 7.02. The van der Waals surface area contributed by atoms with Crippen molar-refractivity contribution in [2.24, 2.45) is 0 Å². The minimum absolute atomic E-state index is 0.100. The minimum Gasteiger partial charge on any atom is -0.478 e.